The maximum Gasteiger partial charge on any atom is 0.490 e. The number of carboxylic acids is 1. The Morgan fingerprint density at radius 3 is 1.84 bits per heavy atom. The molecular weight excluding hydrogens is 878 g/mol. The van der Waals surface area contributed by atoms with Crippen molar-refractivity contribution in [2.24, 2.45) is 11.8 Å². The molecule has 7 heterocycles. The van der Waals surface area contributed by atoms with Gasteiger partial charge in [0.1, 0.15) is 13.1 Å². The van der Waals surface area contributed by atoms with Crippen LogP contribution in [0.3, 0.4) is 0 Å². The van der Waals surface area contributed by atoms with E-state index in [4.69, 9.17) is 19.4 Å². The molecule has 4 bridgehead atoms. The van der Waals surface area contributed by atoms with Crippen molar-refractivity contribution in [1.82, 2.24) is 4.90 Å². The van der Waals surface area contributed by atoms with E-state index < -0.39 is 12.1 Å². The van der Waals surface area contributed by atoms with Gasteiger partial charge in [-0.05, 0) is 67.7 Å². The van der Waals surface area contributed by atoms with Crippen LogP contribution in [0.4, 0.5) is 28.4 Å². The number of anilines is 1. The number of para-hydroxylation sites is 1. The van der Waals surface area contributed by atoms with Crippen LogP contribution in [0.1, 0.15) is 77.8 Å². The number of carboxylic acid groups (broad SMARTS) is 1. The van der Waals surface area contributed by atoms with Gasteiger partial charge in [0, 0.05) is 59.0 Å². The second-order valence-corrected chi connectivity index (χ2v) is 20.8. The minimum atomic E-state index is -5.08. The van der Waals surface area contributed by atoms with Crippen molar-refractivity contribution in [3.05, 3.63) is 130 Å². The number of carbonyl (C=O) groups excluding carboxylic acids is 2. The van der Waals surface area contributed by atoms with Gasteiger partial charge in [-0.25, -0.2) is 14.4 Å². The lowest BCUT2D eigenvalue weighted by Crippen LogP contribution is -2.64. The van der Waals surface area contributed by atoms with Gasteiger partial charge in [0.25, 0.3) is 0 Å². The quantitative estimate of drug-likeness (QED) is 0.151. The Balaban J connectivity index is 0.000000179. The normalized spacial score (nSPS) is 25.3. The number of hydrogen-bond acceptors (Lipinski definition) is 6. The van der Waals surface area contributed by atoms with E-state index in [9.17, 15) is 22.8 Å². The van der Waals surface area contributed by atoms with Crippen molar-refractivity contribution < 1.29 is 51.1 Å². The third-order valence-electron chi connectivity index (χ3n) is 14.6. The van der Waals surface area contributed by atoms with Crippen LogP contribution in [0.5, 0.6) is 0 Å². The van der Waals surface area contributed by atoms with Gasteiger partial charge >= 0.3 is 24.3 Å². The van der Waals surface area contributed by atoms with E-state index in [0.29, 0.717) is 31.0 Å². The number of ether oxygens (including phenoxy) is 2. The van der Waals surface area contributed by atoms with Gasteiger partial charge in [0.05, 0.1) is 52.9 Å². The maximum atomic E-state index is 13.5. The number of nitrogens with zero attached hydrogens (tertiary/aromatic N) is 4. The lowest BCUT2D eigenvalue weighted by molar-refractivity contribution is -0.941. The summed E-state index contributed by atoms with van der Waals surface area (Å²) in [6.45, 7) is 13.3. The fraction of sp³-hybridized carbons (Fsp3) is 0.491. The fourth-order valence-electron chi connectivity index (χ4n) is 10.5. The number of carbonyl (C=O) groups is 3. The Morgan fingerprint density at radius 2 is 1.28 bits per heavy atom. The van der Waals surface area contributed by atoms with Crippen LogP contribution in [0, 0.1) is 25.7 Å². The second-order valence-electron chi connectivity index (χ2n) is 19.5. The average molecular weight is 945 g/mol. The van der Waals surface area contributed by atoms with Gasteiger partial charge < -0.3 is 28.4 Å². The molecule has 3 aromatic carbocycles. The number of aliphatic carboxylic acids is 1. The Hall–Kier alpha value is -5.18. The third kappa shape index (κ3) is 13.5. The zero-order valence-corrected chi connectivity index (χ0v) is 39.9. The number of alkyl halides is 3. The molecule has 1 aromatic heterocycles. The van der Waals surface area contributed by atoms with Gasteiger partial charge in [0.2, 0.25) is 0 Å². The molecule has 1 aliphatic carbocycles. The lowest BCUT2D eigenvalue weighted by Gasteiger charge is -2.51. The number of hydrogen-bond donors (Lipinski definition) is 1. The van der Waals surface area contributed by atoms with Gasteiger partial charge in [-0.3, -0.25) is 4.90 Å². The van der Waals surface area contributed by atoms with Crippen LogP contribution in [0.15, 0.2) is 103 Å². The first kappa shape index (κ1) is 49.7. The number of rotatable bonds is 11. The fourth-order valence-corrected chi connectivity index (χ4v) is 11.6. The van der Waals surface area contributed by atoms with Crippen LogP contribution in [-0.2, 0) is 27.4 Å². The monoisotopic (exact) mass is 944 g/mol. The Bertz CT molecular complexity index is 2230. The highest BCUT2D eigenvalue weighted by molar-refractivity contribution is 7.12. The van der Waals surface area contributed by atoms with Gasteiger partial charge in [0.15, 0.2) is 12.2 Å². The van der Waals surface area contributed by atoms with E-state index in [1.54, 1.807) is 4.90 Å². The zero-order valence-electron chi connectivity index (χ0n) is 39.1. The van der Waals surface area contributed by atoms with Crippen molar-refractivity contribution in [3.8, 4) is 0 Å². The lowest BCUT2D eigenvalue weighted by atomic mass is 9.83. The molecule has 1 saturated carbocycles. The van der Waals surface area contributed by atoms with E-state index in [2.05, 4.69) is 80.4 Å². The number of aryl methyl sites for hydroxylation is 2. The molecule has 0 spiro atoms. The number of piperidine rings is 6. The molecule has 360 valence electrons. The van der Waals surface area contributed by atoms with E-state index >= 15 is 0 Å². The van der Waals surface area contributed by atoms with Crippen molar-refractivity contribution in [2.45, 2.75) is 103 Å². The summed E-state index contributed by atoms with van der Waals surface area (Å²) < 4.78 is 46.2. The molecule has 6 aliphatic heterocycles. The number of fused-ring (bicyclic) bond motifs is 6. The highest BCUT2D eigenvalue weighted by atomic mass is 32.1. The molecular formula is C53H67F3N4O6S+2. The first-order chi connectivity index (χ1) is 32.1. The minimum absolute atomic E-state index is 0.0258. The van der Waals surface area contributed by atoms with Gasteiger partial charge in [-0.1, -0.05) is 97.8 Å². The molecule has 10 nitrogen and oxygen atoms in total. The summed E-state index contributed by atoms with van der Waals surface area (Å²) in [5.74, 6) is -1.71. The predicted molar refractivity (Wildman–Crippen MR) is 256 cm³/mol. The summed E-state index contributed by atoms with van der Waals surface area (Å²) >= 11 is 1.82. The van der Waals surface area contributed by atoms with Gasteiger partial charge in [-0.2, -0.15) is 13.2 Å². The van der Waals surface area contributed by atoms with Crippen molar-refractivity contribution in [2.75, 3.05) is 57.8 Å². The largest absolute Gasteiger partial charge is 0.490 e. The maximum absolute atomic E-state index is 13.5. The standard InChI is InChI=1S/C30H33N2O2.C21H33N2O2S.C2HF3O2/c33-30(31(28-16-8-3-9-17-28)23-26-13-6-2-7-14-26)34-29-24-32(21-18-27(29)19-22-32)20-10-15-25-11-4-1-5-12-25;1-15-12-19(26-16(15)2)13-22(18-6-4-5-7-18)21(24)25-20-14-23(3)10-8-17(20)9-11-23;3-2(4,5)1(6)7/h1-17,27,29H,18-24H2;12,17-18,20H,4-11,13-14H2,1-3H3;(H,6,7)/q2*+1;/t;17?,20-,23?;/m.0./s1. The second kappa shape index (κ2) is 22.3. The Labute approximate surface area is 397 Å². The molecule has 4 aromatic rings. The summed E-state index contributed by atoms with van der Waals surface area (Å²) in [7, 11) is 2.32. The van der Waals surface area contributed by atoms with Crippen LogP contribution in [-0.4, -0.2) is 114 Å². The molecule has 14 heteroatoms. The molecule has 1 unspecified atom stereocenters. The first-order valence-electron chi connectivity index (χ1n) is 23.9. The molecule has 2 amide bonds. The molecule has 0 radical (unpaired) electrons. The van der Waals surface area contributed by atoms with Crippen LogP contribution in [0.25, 0.3) is 6.08 Å². The number of quaternary nitrogens is 2. The summed E-state index contributed by atoms with van der Waals surface area (Å²) in [5, 5.41) is 7.12. The SMILES string of the molecule is Cc1cc(CN(C(=O)O[C@H]2C[N+]3(C)CCC2CC3)C2CCCC2)sc1C.O=C(O)C(F)(F)F.O=C(OC1C[N+]2(CC=Cc3ccccc3)CCC1CC2)N(Cc1ccccc1)c1ccccc1. The first-order valence-corrected chi connectivity index (χ1v) is 24.7. The van der Waals surface area contributed by atoms with E-state index in [-0.39, 0.29) is 24.4 Å². The zero-order chi connectivity index (χ0) is 47.6. The summed E-state index contributed by atoms with van der Waals surface area (Å²) in [4.78, 5) is 42.0. The van der Waals surface area contributed by atoms with Crippen molar-refractivity contribution in [3.63, 3.8) is 0 Å². The average Bonchev–Trinajstić information content (AvgIpc) is 3.97. The Morgan fingerprint density at radius 1 is 0.746 bits per heavy atom. The van der Waals surface area contributed by atoms with Crippen molar-refractivity contribution >= 4 is 41.3 Å². The highest BCUT2D eigenvalue weighted by Gasteiger charge is 2.48. The molecule has 2 atom stereocenters. The van der Waals surface area contributed by atoms with Crippen molar-refractivity contribution in [1.29, 1.82) is 0 Å². The molecule has 7 aliphatic rings. The summed E-state index contributed by atoms with van der Waals surface area (Å²) in [5.41, 5.74) is 4.52. The number of halogens is 3. The summed E-state index contributed by atoms with van der Waals surface area (Å²) in [6, 6.07) is 33.0. The smallest absolute Gasteiger partial charge is 0.475 e. The number of likely N-dealkylation sites (N-methyl/N-ethyl adjacent to an activating group) is 1. The number of benzene rings is 3. The predicted octanol–water partition coefficient (Wildman–Crippen LogP) is 11.3. The van der Waals surface area contributed by atoms with E-state index in [1.807, 2.05) is 65.9 Å². The third-order valence-corrected chi connectivity index (χ3v) is 15.8. The van der Waals surface area contributed by atoms with Gasteiger partial charge in [-0.15, -0.1) is 11.3 Å². The Kier molecular flexibility index (Phi) is 16.5. The molecule has 1 N–H and O–H groups in total. The minimum Gasteiger partial charge on any atom is -0.475 e. The number of amides is 2. The molecule has 11 rings (SSSR count). The van der Waals surface area contributed by atoms with Crippen LogP contribution < -0.4 is 4.90 Å². The molecule has 7 fully saturated rings. The van der Waals surface area contributed by atoms with Crippen LogP contribution in [0.2, 0.25) is 0 Å². The topological polar surface area (TPSA) is 96.4 Å². The highest BCUT2D eigenvalue weighted by Crippen LogP contribution is 2.38. The van der Waals surface area contributed by atoms with Crippen LogP contribution >= 0.6 is 11.3 Å². The molecule has 6 saturated heterocycles. The molecule has 67 heavy (non-hydrogen) atoms. The van der Waals surface area contributed by atoms with E-state index in [1.165, 1.54) is 72.7 Å². The van der Waals surface area contributed by atoms with E-state index in [0.717, 1.165) is 65.5 Å². The summed E-state index contributed by atoms with van der Waals surface area (Å²) in [6.07, 6.45) is 8.60. The number of thiophene rings is 1.